The summed E-state index contributed by atoms with van der Waals surface area (Å²) < 4.78 is 0. The second-order valence-electron chi connectivity index (χ2n) is 4.73. The standard InChI is InChI=1S/C15H18N2O4/c16-10-12-3-5-13(6-4-12)11-17(9-7-15(20)21)8-1-2-14(18)19/h3-6H,1-2,7-9,11H2,(H,18,19)(H,20,21). The summed E-state index contributed by atoms with van der Waals surface area (Å²) in [5, 5.41) is 26.1. The number of nitriles is 1. The van der Waals surface area contributed by atoms with E-state index < -0.39 is 11.9 Å². The summed E-state index contributed by atoms with van der Waals surface area (Å²) in [6.07, 6.45) is 0.561. The van der Waals surface area contributed by atoms with Crippen LogP contribution in [0, 0.1) is 11.3 Å². The van der Waals surface area contributed by atoms with Gasteiger partial charge in [-0.3, -0.25) is 14.5 Å². The van der Waals surface area contributed by atoms with Gasteiger partial charge in [-0.15, -0.1) is 0 Å². The smallest absolute Gasteiger partial charge is 0.304 e. The van der Waals surface area contributed by atoms with Gasteiger partial charge in [-0.1, -0.05) is 12.1 Å². The van der Waals surface area contributed by atoms with Crippen molar-refractivity contribution >= 4 is 11.9 Å². The van der Waals surface area contributed by atoms with Gasteiger partial charge < -0.3 is 10.2 Å². The molecular formula is C15H18N2O4. The van der Waals surface area contributed by atoms with E-state index in [0.717, 1.165) is 5.56 Å². The summed E-state index contributed by atoms with van der Waals surface area (Å²) >= 11 is 0. The van der Waals surface area contributed by atoms with Gasteiger partial charge in [0.2, 0.25) is 0 Å². The van der Waals surface area contributed by atoms with Crippen molar-refractivity contribution in [2.45, 2.75) is 25.8 Å². The first-order valence-electron chi connectivity index (χ1n) is 6.66. The first kappa shape index (κ1) is 16.7. The molecule has 112 valence electrons. The monoisotopic (exact) mass is 290 g/mol. The van der Waals surface area contributed by atoms with Crippen molar-refractivity contribution in [3.05, 3.63) is 35.4 Å². The second kappa shape index (κ2) is 8.72. The van der Waals surface area contributed by atoms with Crippen LogP contribution in [0.15, 0.2) is 24.3 Å². The Morgan fingerprint density at radius 1 is 1.05 bits per heavy atom. The first-order chi connectivity index (χ1) is 10.0. The number of hydrogen-bond donors (Lipinski definition) is 2. The Hall–Kier alpha value is -2.39. The largest absolute Gasteiger partial charge is 0.481 e. The van der Waals surface area contributed by atoms with Crippen molar-refractivity contribution in [3.8, 4) is 6.07 Å². The number of carboxylic acids is 2. The van der Waals surface area contributed by atoms with Crippen LogP contribution in [0.4, 0.5) is 0 Å². The van der Waals surface area contributed by atoms with Crippen molar-refractivity contribution in [1.29, 1.82) is 5.26 Å². The molecule has 0 bridgehead atoms. The quantitative estimate of drug-likeness (QED) is 0.717. The predicted octanol–water partition coefficient (Wildman–Crippen LogP) is 1.70. The minimum absolute atomic E-state index is 0.0172. The SMILES string of the molecule is N#Cc1ccc(CN(CCCC(=O)O)CCC(=O)O)cc1. The Morgan fingerprint density at radius 3 is 2.19 bits per heavy atom. The molecule has 6 heteroatoms. The summed E-state index contributed by atoms with van der Waals surface area (Å²) in [5.41, 5.74) is 1.54. The van der Waals surface area contributed by atoms with Gasteiger partial charge in [-0.2, -0.15) is 5.26 Å². The van der Waals surface area contributed by atoms with Crippen molar-refractivity contribution in [2.24, 2.45) is 0 Å². The van der Waals surface area contributed by atoms with Gasteiger partial charge in [-0.05, 0) is 30.7 Å². The van der Waals surface area contributed by atoms with Gasteiger partial charge in [0.1, 0.15) is 0 Å². The lowest BCUT2D eigenvalue weighted by Crippen LogP contribution is -2.27. The van der Waals surface area contributed by atoms with Crippen LogP contribution in [0.3, 0.4) is 0 Å². The fourth-order valence-electron chi connectivity index (χ4n) is 1.92. The van der Waals surface area contributed by atoms with E-state index in [0.29, 0.717) is 31.6 Å². The first-order valence-corrected chi connectivity index (χ1v) is 6.66. The van der Waals surface area contributed by atoms with E-state index in [2.05, 4.69) is 0 Å². The minimum atomic E-state index is -0.877. The maximum absolute atomic E-state index is 10.7. The van der Waals surface area contributed by atoms with Gasteiger partial charge in [0, 0.05) is 19.5 Å². The van der Waals surface area contributed by atoms with Crippen molar-refractivity contribution in [2.75, 3.05) is 13.1 Å². The van der Waals surface area contributed by atoms with Gasteiger partial charge in [0.05, 0.1) is 18.1 Å². The maximum Gasteiger partial charge on any atom is 0.304 e. The molecular weight excluding hydrogens is 272 g/mol. The third kappa shape index (κ3) is 7.09. The number of nitrogens with zero attached hydrogens (tertiary/aromatic N) is 2. The average molecular weight is 290 g/mol. The molecule has 0 fully saturated rings. The molecule has 0 aliphatic heterocycles. The van der Waals surface area contributed by atoms with Crippen LogP contribution in [0.25, 0.3) is 0 Å². The third-order valence-electron chi connectivity index (χ3n) is 3.00. The van der Waals surface area contributed by atoms with E-state index in [9.17, 15) is 9.59 Å². The summed E-state index contributed by atoms with van der Waals surface area (Å²) in [5.74, 6) is -1.73. The lowest BCUT2D eigenvalue weighted by atomic mass is 10.1. The van der Waals surface area contributed by atoms with Gasteiger partial charge in [-0.25, -0.2) is 0 Å². The average Bonchev–Trinajstić information content (AvgIpc) is 2.45. The Balaban J connectivity index is 2.59. The van der Waals surface area contributed by atoms with Crippen LogP contribution in [0.1, 0.15) is 30.4 Å². The lowest BCUT2D eigenvalue weighted by molar-refractivity contribution is -0.138. The highest BCUT2D eigenvalue weighted by molar-refractivity contribution is 5.67. The van der Waals surface area contributed by atoms with Crippen LogP contribution in [0.2, 0.25) is 0 Å². The van der Waals surface area contributed by atoms with Crippen LogP contribution < -0.4 is 0 Å². The molecule has 0 heterocycles. The zero-order valence-electron chi connectivity index (χ0n) is 11.7. The molecule has 0 saturated heterocycles. The van der Waals surface area contributed by atoms with E-state index in [1.165, 1.54) is 0 Å². The topological polar surface area (TPSA) is 102 Å². The molecule has 1 aromatic carbocycles. The normalized spacial score (nSPS) is 10.3. The van der Waals surface area contributed by atoms with Gasteiger partial charge in [0.25, 0.3) is 0 Å². The summed E-state index contributed by atoms with van der Waals surface area (Å²) in [7, 11) is 0. The number of carboxylic acid groups (broad SMARTS) is 2. The summed E-state index contributed by atoms with van der Waals surface area (Å²) in [6, 6.07) is 9.10. The molecule has 1 aromatic rings. The zero-order valence-corrected chi connectivity index (χ0v) is 11.7. The Labute approximate surface area is 123 Å². The molecule has 21 heavy (non-hydrogen) atoms. The zero-order chi connectivity index (χ0) is 15.7. The molecule has 0 aliphatic carbocycles. The molecule has 0 aromatic heterocycles. The van der Waals surface area contributed by atoms with Crippen LogP contribution in [-0.4, -0.2) is 40.1 Å². The maximum atomic E-state index is 10.7. The summed E-state index contributed by atoms with van der Waals surface area (Å²) in [4.78, 5) is 23.1. The Morgan fingerprint density at radius 2 is 1.67 bits per heavy atom. The molecule has 0 amide bonds. The Kier molecular flexibility index (Phi) is 6.92. The highest BCUT2D eigenvalue weighted by Crippen LogP contribution is 2.09. The lowest BCUT2D eigenvalue weighted by Gasteiger charge is -2.21. The number of aliphatic carboxylic acids is 2. The highest BCUT2D eigenvalue weighted by atomic mass is 16.4. The molecule has 0 atom stereocenters. The number of hydrogen-bond acceptors (Lipinski definition) is 4. The van der Waals surface area contributed by atoms with Gasteiger partial charge >= 0.3 is 11.9 Å². The van der Waals surface area contributed by atoms with Crippen LogP contribution in [-0.2, 0) is 16.1 Å². The highest BCUT2D eigenvalue weighted by Gasteiger charge is 2.09. The Bertz CT molecular complexity index is 519. The van der Waals surface area contributed by atoms with Crippen molar-refractivity contribution < 1.29 is 19.8 Å². The molecule has 0 unspecified atom stereocenters. The van der Waals surface area contributed by atoms with E-state index in [1.807, 2.05) is 23.1 Å². The van der Waals surface area contributed by atoms with Crippen LogP contribution >= 0.6 is 0 Å². The fourth-order valence-corrected chi connectivity index (χ4v) is 1.92. The van der Waals surface area contributed by atoms with Crippen LogP contribution in [0.5, 0.6) is 0 Å². The van der Waals surface area contributed by atoms with E-state index in [1.54, 1.807) is 12.1 Å². The molecule has 1 rings (SSSR count). The predicted molar refractivity (Wildman–Crippen MR) is 75.6 cm³/mol. The van der Waals surface area contributed by atoms with Gasteiger partial charge in [0.15, 0.2) is 0 Å². The second-order valence-corrected chi connectivity index (χ2v) is 4.73. The van der Waals surface area contributed by atoms with Crippen molar-refractivity contribution in [1.82, 2.24) is 4.90 Å². The molecule has 0 spiro atoms. The molecule has 2 N–H and O–H groups in total. The molecule has 0 aliphatic rings. The summed E-state index contributed by atoms with van der Waals surface area (Å²) in [6.45, 7) is 1.44. The van der Waals surface area contributed by atoms with E-state index >= 15 is 0 Å². The van der Waals surface area contributed by atoms with E-state index in [-0.39, 0.29) is 12.8 Å². The number of carbonyl (C=O) groups is 2. The van der Waals surface area contributed by atoms with Crippen molar-refractivity contribution in [3.63, 3.8) is 0 Å². The molecule has 0 saturated carbocycles. The van der Waals surface area contributed by atoms with E-state index in [4.69, 9.17) is 15.5 Å². The number of benzene rings is 1. The minimum Gasteiger partial charge on any atom is -0.481 e. The molecule has 6 nitrogen and oxygen atoms in total. The number of rotatable bonds is 9. The third-order valence-corrected chi connectivity index (χ3v) is 3.00. The molecule has 0 radical (unpaired) electrons. The fraction of sp³-hybridized carbons (Fsp3) is 0.400.